The molecule has 0 aliphatic carbocycles. The first-order chi connectivity index (χ1) is 8.67. The zero-order valence-electron chi connectivity index (χ0n) is 11.2. The monoisotopic (exact) mass is 269 g/mol. The molecule has 0 saturated heterocycles. The number of primary amides is 1. The highest BCUT2D eigenvalue weighted by molar-refractivity contribution is 7.10. The molecule has 5 heteroatoms. The smallest absolute Gasteiger partial charge is 0.249 e. The number of likely N-dealkylation sites (N-methyl/N-ethyl adjacent to an activating group) is 1. The Hall–Kier alpha value is -0.910. The number of rotatable bonds is 9. The number of hydrogen-bond acceptors (Lipinski definition) is 4. The first kappa shape index (κ1) is 15.1. The van der Waals surface area contributed by atoms with Gasteiger partial charge >= 0.3 is 0 Å². The lowest BCUT2D eigenvalue weighted by Crippen LogP contribution is -2.32. The van der Waals surface area contributed by atoms with Crippen LogP contribution in [0.4, 0.5) is 0 Å². The minimum atomic E-state index is -0.349. The molecule has 0 atom stereocenters. The summed E-state index contributed by atoms with van der Waals surface area (Å²) in [6.07, 6.45) is 1.20. The van der Waals surface area contributed by atoms with Crippen LogP contribution in [-0.4, -0.2) is 37.0 Å². The molecular formula is C13H23N3OS. The molecule has 0 fully saturated rings. The van der Waals surface area contributed by atoms with Crippen molar-refractivity contribution in [1.82, 2.24) is 10.2 Å². The van der Waals surface area contributed by atoms with Crippen LogP contribution in [-0.2, 0) is 6.54 Å². The minimum absolute atomic E-state index is 0.349. The van der Waals surface area contributed by atoms with Crippen LogP contribution in [0.5, 0.6) is 0 Å². The molecule has 1 aromatic rings. The zero-order valence-corrected chi connectivity index (χ0v) is 12.1. The van der Waals surface area contributed by atoms with Gasteiger partial charge in [0.2, 0.25) is 5.91 Å². The predicted molar refractivity (Wildman–Crippen MR) is 76.9 cm³/mol. The Balaban J connectivity index is 2.22. The summed E-state index contributed by atoms with van der Waals surface area (Å²) in [6.45, 7) is 9.49. The molecule has 18 heavy (non-hydrogen) atoms. The molecule has 0 aliphatic rings. The van der Waals surface area contributed by atoms with E-state index in [4.69, 9.17) is 5.73 Å². The van der Waals surface area contributed by atoms with E-state index in [1.807, 2.05) is 11.4 Å². The summed E-state index contributed by atoms with van der Waals surface area (Å²) in [5, 5.41) is 5.21. The molecule has 0 bridgehead atoms. The second kappa shape index (κ2) is 8.24. The number of nitrogens with two attached hydrogens (primary N) is 1. The van der Waals surface area contributed by atoms with E-state index in [0.29, 0.717) is 5.56 Å². The highest BCUT2D eigenvalue weighted by Gasteiger charge is 2.04. The van der Waals surface area contributed by atoms with E-state index >= 15 is 0 Å². The highest BCUT2D eigenvalue weighted by Crippen LogP contribution is 2.13. The minimum Gasteiger partial charge on any atom is -0.366 e. The molecule has 1 heterocycles. The van der Waals surface area contributed by atoms with E-state index in [2.05, 4.69) is 24.1 Å². The third-order valence-electron chi connectivity index (χ3n) is 2.83. The van der Waals surface area contributed by atoms with Crippen molar-refractivity contribution in [2.45, 2.75) is 26.8 Å². The number of carbonyl (C=O) groups is 1. The summed E-state index contributed by atoms with van der Waals surface area (Å²) in [4.78, 5) is 14.5. The Morgan fingerprint density at radius 1 is 1.44 bits per heavy atom. The normalized spacial score (nSPS) is 11.1. The molecule has 0 radical (unpaired) electrons. The van der Waals surface area contributed by atoms with Crippen LogP contribution in [0.2, 0.25) is 0 Å². The van der Waals surface area contributed by atoms with Gasteiger partial charge in [-0.15, -0.1) is 11.3 Å². The molecule has 4 nitrogen and oxygen atoms in total. The van der Waals surface area contributed by atoms with Crippen LogP contribution in [0.25, 0.3) is 0 Å². The average molecular weight is 269 g/mol. The summed E-state index contributed by atoms with van der Waals surface area (Å²) in [5.74, 6) is -0.349. The van der Waals surface area contributed by atoms with Crippen LogP contribution in [0.15, 0.2) is 11.4 Å². The molecule has 1 amide bonds. The Morgan fingerprint density at radius 3 is 2.78 bits per heavy atom. The van der Waals surface area contributed by atoms with Crippen molar-refractivity contribution in [1.29, 1.82) is 0 Å². The molecule has 0 aliphatic heterocycles. The van der Waals surface area contributed by atoms with E-state index in [0.717, 1.165) is 37.6 Å². The van der Waals surface area contributed by atoms with Crippen LogP contribution in [0.3, 0.4) is 0 Å². The van der Waals surface area contributed by atoms with Gasteiger partial charge in [0.25, 0.3) is 0 Å². The maximum Gasteiger partial charge on any atom is 0.249 e. The molecule has 3 N–H and O–H groups in total. The zero-order chi connectivity index (χ0) is 13.4. The Morgan fingerprint density at radius 2 is 2.22 bits per heavy atom. The predicted octanol–water partition coefficient (Wildman–Crippen LogP) is 1.67. The van der Waals surface area contributed by atoms with E-state index < -0.39 is 0 Å². The van der Waals surface area contributed by atoms with E-state index in [-0.39, 0.29) is 5.91 Å². The van der Waals surface area contributed by atoms with Crippen molar-refractivity contribution in [3.05, 3.63) is 21.9 Å². The standard InChI is InChI=1S/C13H23N3OS/c1-3-6-16(4-2)7-5-15-9-12-8-11(10-18-12)13(14)17/h8,10,15H,3-7,9H2,1-2H3,(H2,14,17). The van der Waals surface area contributed by atoms with Gasteiger partial charge in [0, 0.05) is 29.9 Å². The molecular weight excluding hydrogens is 246 g/mol. The lowest BCUT2D eigenvalue weighted by molar-refractivity contribution is 0.100. The largest absolute Gasteiger partial charge is 0.366 e. The summed E-state index contributed by atoms with van der Waals surface area (Å²) in [5.41, 5.74) is 5.82. The number of hydrogen-bond donors (Lipinski definition) is 2. The number of amides is 1. The van der Waals surface area contributed by atoms with E-state index in [1.54, 1.807) is 11.3 Å². The average Bonchev–Trinajstić information content (AvgIpc) is 2.82. The molecule has 102 valence electrons. The lowest BCUT2D eigenvalue weighted by Gasteiger charge is -2.19. The third kappa shape index (κ3) is 5.16. The quantitative estimate of drug-likeness (QED) is 0.670. The lowest BCUT2D eigenvalue weighted by atomic mass is 10.3. The van der Waals surface area contributed by atoms with Gasteiger partial charge < -0.3 is 16.0 Å². The summed E-state index contributed by atoms with van der Waals surface area (Å²) in [6, 6.07) is 1.86. The molecule has 0 aromatic carbocycles. The van der Waals surface area contributed by atoms with Crippen molar-refractivity contribution >= 4 is 17.2 Å². The van der Waals surface area contributed by atoms with Crippen LogP contribution < -0.4 is 11.1 Å². The van der Waals surface area contributed by atoms with Crippen molar-refractivity contribution in [3.8, 4) is 0 Å². The van der Waals surface area contributed by atoms with Crippen LogP contribution in [0, 0.1) is 0 Å². The van der Waals surface area contributed by atoms with Crippen LogP contribution in [0.1, 0.15) is 35.5 Å². The Kier molecular flexibility index (Phi) is 6.93. The van der Waals surface area contributed by atoms with Crippen molar-refractivity contribution in [2.75, 3.05) is 26.2 Å². The fraction of sp³-hybridized carbons (Fsp3) is 0.615. The Labute approximate surface area is 113 Å². The van der Waals surface area contributed by atoms with Gasteiger partial charge in [-0.05, 0) is 25.6 Å². The fourth-order valence-electron chi connectivity index (χ4n) is 1.80. The molecule has 1 rings (SSSR count). The van der Waals surface area contributed by atoms with Gasteiger partial charge in [0.05, 0.1) is 5.56 Å². The second-order valence-corrected chi connectivity index (χ2v) is 5.27. The van der Waals surface area contributed by atoms with Crippen LogP contribution >= 0.6 is 11.3 Å². The summed E-state index contributed by atoms with van der Waals surface area (Å²) >= 11 is 1.58. The number of nitrogens with zero attached hydrogens (tertiary/aromatic N) is 1. The van der Waals surface area contributed by atoms with Gasteiger partial charge in [0.1, 0.15) is 0 Å². The first-order valence-electron chi connectivity index (χ1n) is 6.47. The second-order valence-electron chi connectivity index (χ2n) is 4.28. The first-order valence-corrected chi connectivity index (χ1v) is 7.35. The maximum absolute atomic E-state index is 10.9. The van der Waals surface area contributed by atoms with E-state index in [9.17, 15) is 4.79 Å². The van der Waals surface area contributed by atoms with Crippen molar-refractivity contribution in [3.63, 3.8) is 0 Å². The molecule has 0 saturated carbocycles. The van der Waals surface area contributed by atoms with Crippen molar-refractivity contribution < 1.29 is 4.79 Å². The fourth-order valence-corrected chi connectivity index (χ4v) is 2.64. The summed E-state index contributed by atoms with van der Waals surface area (Å²) in [7, 11) is 0. The number of carbonyl (C=O) groups excluding carboxylic acids is 1. The SMILES string of the molecule is CCCN(CC)CCNCc1cc(C(N)=O)cs1. The topological polar surface area (TPSA) is 58.4 Å². The third-order valence-corrected chi connectivity index (χ3v) is 3.77. The van der Waals surface area contributed by atoms with Crippen molar-refractivity contribution in [2.24, 2.45) is 5.73 Å². The summed E-state index contributed by atoms with van der Waals surface area (Å²) < 4.78 is 0. The number of thiophene rings is 1. The van der Waals surface area contributed by atoms with Gasteiger partial charge in [-0.25, -0.2) is 0 Å². The van der Waals surface area contributed by atoms with Gasteiger partial charge in [-0.3, -0.25) is 4.79 Å². The molecule has 0 spiro atoms. The van der Waals surface area contributed by atoms with Gasteiger partial charge in [-0.2, -0.15) is 0 Å². The molecule has 1 aromatic heterocycles. The maximum atomic E-state index is 10.9. The van der Waals surface area contributed by atoms with Gasteiger partial charge in [-0.1, -0.05) is 13.8 Å². The van der Waals surface area contributed by atoms with Gasteiger partial charge in [0.15, 0.2) is 0 Å². The molecule has 0 unspecified atom stereocenters. The number of nitrogens with one attached hydrogen (secondary N) is 1. The Bertz CT molecular complexity index is 365. The van der Waals surface area contributed by atoms with E-state index in [1.165, 1.54) is 6.42 Å². The highest BCUT2D eigenvalue weighted by atomic mass is 32.1.